The van der Waals surface area contributed by atoms with Crippen LogP contribution in [0.4, 0.5) is 10.1 Å². The van der Waals surface area contributed by atoms with Crippen LogP contribution in [0.25, 0.3) is 0 Å². The van der Waals surface area contributed by atoms with E-state index in [1.165, 1.54) is 14.0 Å². The minimum absolute atomic E-state index is 0.179. The van der Waals surface area contributed by atoms with Gasteiger partial charge in [0.15, 0.2) is 5.82 Å². The number of halogens is 1. The molecule has 5 nitrogen and oxygen atoms in total. The zero-order valence-corrected chi connectivity index (χ0v) is 15.2. The summed E-state index contributed by atoms with van der Waals surface area (Å²) in [5.74, 6) is -1.52. The van der Waals surface area contributed by atoms with E-state index < -0.39 is 17.2 Å². The van der Waals surface area contributed by atoms with E-state index in [4.69, 9.17) is 4.74 Å². The monoisotopic (exact) mass is 346 g/mol. The largest absolute Gasteiger partial charge is 0.383 e. The van der Waals surface area contributed by atoms with Gasteiger partial charge in [-0.1, -0.05) is 18.2 Å². The number of aryl methyl sites for hydroxylation is 2. The number of rotatable bonds is 5. The SMILES string of the molecule is COCCn1c(C)c(F)c(=O)c(C(=O)Nc2c(C)cccc2C)c1C. The summed E-state index contributed by atoms with van der Waals surface area (Å²) >= 11 is 0. The Kier molecular flexibility index (Phi) is 5.74. The fourth-order valence-corrected chi connectivity index (χ4v) is 2.92. The maximum absolute atomic E-state index is 14.4. The van der Waals surface area contributed by atoms with Crippen molar-refractivity contribution in [3.05, 3.63) is 62.3 Å². The third-order valence-corrected chi connectivity index (χ3v) is 4.38. The number of nitrogens with zero attached hydrogens (tertiary/aromatic N) is 1. The van der Waals surface area contributed by atoms with Gasteiger partial charge < -0.3 is 14.6 Å². The van der Waals surface area contributed by atoms with Crippen LogP contribution in [-0.2, 0) is 11.3 Å². The summed E-state index contributed by atoms with van der Waals surface area (Å²) in [4.78, 5) is 25.1. The average Bonchev–Trinajstić information content (AvgIpc) is 2.56. The number of aromatic nitrogens is 1. The highest BCUT2D eigenvalue weighted by Gasteiger charge is 2.23. The van der Waals surface area contributed by atoms with Crippen LogP contribution < -0.4 is 10.7 Å². The Hall–Kier alpha value is -2.47. The summed E-state index contributed by atoms with van der Waals surface area (Å²) in [6, 6.07) is 5.61. The number of carbonyl (C=O) groups excluding carboxylic acids is 1. The number of methoxy groups -OCH3 is 1. The minimum Gasteiger partial charge on any atom is -0.383 e. The van der Waals surface area contributed by atoms with Crippen LogP contribution in [0.15, 0.2) is 23.0 Å². The summed E-state index contributed by atoms with van der Waals surface area (Å²) in [6.07, 6.45) is 0. The number of benzene rings is 1. The number of ether oxygens (including phenoxy) is 1. The Balaban J connectivity index is 2.53. The standard InChI is InChI=1S/C19H23FN2O3/c1-11-7-6-8-12(2)17(11)21-19(24)15-13(3)22(9-10-25-5)14(4)16(20)18(15)23/h6-8H,9-10H2,1-5H3,(H,21,24). The van der Waals surface area contributed by atoms with Gasteiger partial charge in [-0.25, -0.2) is 4.39 Å². The molecule has 0 atom stereocenters. The summed E-state index contributed by atoms with van der Waals surface area (Å²) in [6.45, 7) is 7.59. The molecule has 0 spiro atoms. The molecule has 2 rings (SSSR count). The lowest BCUT2D eigenvalue weighted by Crippen LogP contribution is -2.31. The van der Waals surface area contributed by atoms with Gasteiger partial charge in [0.05, 0.1) is 12.3 Å². The lowest BCUT2D eigenvalue weighted by Gasteiger charge is -2.18. The van der Waals surface area contributed by atoms with Crippen LogP contribution in [0.3, 0.4) is 0 Å². The first-order chi connectivity index (χ1) is 11.8. The van der Waals surface area contributed by atoms with Gasteiger partial charge in [-0.3, -0.25) is 9.59 Å². The van der Waals surface area contributed by atoms with E-state index in [9.17, 15) is 14.0 Å². The molecule has 0 radical (unpaired) electrons. The highest BCUT2D eigenvalue weighted by atomic mass is 19.1. The predicted molar refractivity (Wildman–Crippen MR) is 95.9 cm³/mol. The number of pyridine rings is 1. The van der Waals surface area contributed by atoms with Gasteiger partial charge in [0.2, 0.25) is 5.43 Å². The van der Waals surface area contributed by atoms with Crippen molar-refractivity contribution in [2.75, 3.05) is 19.0 Å². The molecule has 0 saturated carbocycles. The Labute approximate surface area is 146 Å². The molecule has 0 aliphatic heterocycles. The summed E-state index contributed by atoms with van der Waals surface area (Å²) in [7, 11) is 1.54. The number of anilines is 1. The smallest absolute Gasteiger partial charge is 0.261 e. The van der Waals surface area contributed by atoms with Crippen LogP contribution in [0, 0.1) is 33.5 Å². The van der Waals surface area contributed by atoms with E-state index in [0.29, 0.717) is 24.5 Å². The van der Waals surface area contributed by atoms with E-state index in [1.54, 1.807) is 11.5 Å². The molecule has 1 heterocycles. The van der Waals surface area contributed by atoms with Gasteiger partial charge in [0.25, 0.3) is 5.91 Å². The van der Waals surface area contributed by atoms with Crippen LogP contribution in [0.1, 0.15) is 32.9 Å². The van der Waals surface area contributed by atoms with Crippen LogP contribution in [0.2, 0.25) is 0 Å². The highest BCUT2D eigenvalue weighted by molar-refractivity contribution is 6.05. The second-order valence-corrected chi connectivity index (χ2v) is 6.05. The quantitative estimate of drug-likeness (QED) is 0.905. The molecule has 0 saturated heterocycles. The molecular weight excluding hydrogens is 323 g/mol. The molecule has 0 bridgehead atoms. The number of amides is 1. The number of hydrogen-bond acceptors (Lipinski definition) is 3. The maximum atomic E-state index is 14.4. The van der Waals surface area contributed by atoms with Crippen molar-refractivity contribution >= 4 is 11.6 Å². The number of nitrogens with one attached hydrogen (secondary N) is 1. The van der Waals surface area contributed by atoms with Crippen molar-refractivity contribution in [3.8, 4) is 0 Å². The Morgan fingerprint density at radius 1 is 1.16 bits per heavy atom. The molecule has 0 aliphatic rings. The van der Waals surface area contributed by atoms with Crippen molar-refractivity contribution in [1.29, 1.82) is 0 Å². The Morgan fingerprint density at radius 3 is 2.32 bits per heavy atom. The molecule has 0 aliphatic carbocycles. The van der Waals surface area contributed by atoms with E-state index in [0.717, 1.165) is 11.1 Å². The number of para-hydroxylation sites is 1. The molecule has 2 aromatic rings. The zero-order valence-electron chi connectivity index (χ0n) is 15.2. The second-order valence-electron chi connectivity index (χ2n) is 6.05. The van der Waals surface area contributed by atoms with Crippen molar-refractivity contribution in [2.45, 2.75) is 34.2 Å². The molecule has 134 valence electrons. The maximum Gasteiger partial charge on any atom is 0.261 e. The fraction of sp³-hybridized carbons (Fsp3) is 0.368. The van der Waals surface area contributed by atoms with Gasteiger partial charge >= 0.3 is 0 Å². The van der Waals surface area contributed by atoms with Crippen molar-refractivity contribution in [2.24, 2.45) is 0 Å². The zero-order chi connectivity index (χ0) is 18.7. The van der Waals surface area contributed by atoms with Crippen molar-refractivity contribution in [1.82, 2.24) is 4.57 Å². The highest BCUT2D eigenvalue weighted by Crippen LogP contribution is 2.21. The normalized spacial score (nSPS) is 10.8. The van der Waals surface area contributed by atoms with Crippen LogP contribution in [-0.4, -0.2) is 24.2 Å². The molecular formula is C19H23FN2O3. The average molecular weight is 346 g/mol. The first kappa shape index (κ1) is 18.9. The van der Waals surface area contributed by atoms with Gasteiger partial charge in [0, 0.05) is 25.0 Å². The first-order valence-corrected chi connectivity index (χ1v) is 8.05. The van der Waals surface area contributed by atoms with E-state index in [1.807, 2.05) is 32.0 Å². The van der Waals surface area contributed by atoms with Crippen molar-refractivity contribution < 1.29 is 13.9 Å². The fourth-order valence-electron chi connectivity index (χ4n) is 2.92. The Morgan fingerprint density at radius 2 is 1.76 bits per heavy atom. The third-order valence-electron chi connectivity index (χ3n) is 4.38. The predicted octanol–water partition coefficient (Wildman–Crippen LogP) is 3.12. The molecule has 1 N–H and O–H groups in total. The summed E-state index contributed by atoms with van der Waals surface area (Å²) in [5, 5.41) is 2.76. The molecule has 0 fully saturated rings. The van der Waals surface area contributed by atoms with E-state index >= 15 is 0 Å². The van der Waals surface area contributed by atoms with Gasteiger partial charge in [-0.05, 0) is 38.8 Å². The van der Waals surface area contributed by atoms with Gasteiger partial charge in [-0.15, -0.1) is 0 Å². The first-order valence-electron chi connectivity index (χ1n) is 8.05. The topological polar surface area (TPSA) is 60.3 Å². The molecule has 25 heavy (non-hydrogen) atoms. The minimum atomic E-state index is -0.909. The molecule has 6 heteroatoms. The number of carbonyl (C=O) groups is 1. The number of hydrogen-bond donors (Lipinski definition) is 1. The lowest BCUT2D eigenvalue weighted by molar-refractivity contribution is 0.102. The Bertz CT molecular complexity index is 852. The van der Waals surface area contributed by atoms with Crippen molar-refractivity contribution in [3.63, 3.8) is 0 Å². The summed E-state index contributed by atoms with van der Waals surface area (Å²) in [5.41, 5.74) is 1.94. The van der Waals surface area contributed by atoms with E-state index in [-0.39, 0.29) is 11.3 Å². The third kappa shape index (κ3) is 3.64. The molecule has 1 aromatic carbocycles. The summed E-state index contributed by atoms with van der Waals surface area (Å²) < 4.78 is 21.0. The van der Waals surface area contributed by atoms with Crippen LogP contribution in [0.5, 0.6) is 0 Å². The van der Waals surface area contributed by atoms with E-state index in [2.05, 4.69) is 5.32 Å². The van der Waals surface area contributed by atoms with Gasteiger partial charge in [0.1, 0.15) is 5.56 Å². The van der Waals surface area contributed by atoms with Crippen LogP contribution >= 0.6 is 0 Å². The molecule has 0 unspecified atom stereocenters. The molecule has 1 amide bonds. The second kappa shape index (κ2) is 7.61. The lowest BCUT2D eigenvalue weighted by atomic mass is 10.1. The van der Waals surface area contributed by atoms with Gasteiger partial charge in [-0.2, -0.15) is 0 Å². The molecule has 1 aromatic heterocycles.